The fraction of sp³-hybridized carbons (Fsp3) is 0.0833. The first-order valence-electron chi connectivity index (χ1n) is 8.97. The maximum absolute atomic E-state index is 9.90. The topological polar surface area (TPSA) is 71.9 Å². The number of pyridine rings is 1. The zero-order chi connectivity index (χ0) is 19.7. The molecule has 0 aliphatic heterocycles. The van der Waals surface area contributed by atoms with Gasteiger partial charge in [0.2, 0.25) is 0 Å². The summed E-state index contributed by atoms with van der Waals surface area (Å²) in [6, 6.07) is 24.2. The summed E-state index contributed by atoms with van der Waals surface area (Å²) in [5.74, 6) is 1.03. The van der Waals surface area contributed by atoms with Gasteiger partial charge in [0.15, 0.2) is 0 Å². The van der Waals surface area contributed by atoms with E-state index < -0.39 is 0 Å². The molecule has 0 radical (unpaired) electrons. The number of nitrogens with two attached hydrogens (primary N) is 1. The number of rotatable bonds is 3. The summed E-state index contributed by atoms with van der Waals surface area (Å²) in [7, 11) is 1.66. The fourth-order valence-electron chi connectivity index (χ4n) is 3.73. The first-order valence-corrected chi connectivity index (χ1v) is 8.97. The Labute approximate surface area is 163 Å². The number of ether oxygens (including phenoxy) is 1. The highest BCUT2D eigenvalue weighted by Gasteiger charge is 2.21. The van der Waals surface area contributed by atoms with E-state index in [-0.39, 0.29) is 5.82 Å². The molecule has 0 atom stereocenters. The molecule has 0 bridgehead atoms. The van der Waals surface area contributed by atoms with Crippen molar-refractivity contribution in [1.29, 1.82) is 5.26 Å². The minimum absolute atomic E-state index is 0.245. The lowest BCUT2D eigenvalue weighted by atomic mass is 9.87. The summed E-state index contributed by atoms with van der Waals surface area (Å²) >= 11 is 0. The second-order valence-corrected chi connectivity index (χ2v) is 6.55. The number of nitriles is 1. The quantitative estimate of drug-likeness (QED) is 0.532. The number of fused-ring (bicyclic) bond motifs is 1. The van der Waals surface area contributed by atoms with E-state index >= 15 is 0 Å². The Bertz CT molecular complexity index is 1220. The van der Waals surface area contributed by atoms with Crippen molar-refractivity contribution in [2.24, 2.45) is 0 Å². The van der Waals surface area contributed by atoms with Crippen molar-refractivity contribution < 1.29 is 4.74 Å². The van der Waals surface area contributed by atoms with E-state index in [0.29, 0.717) is 5.56 Å². The van der Waals surface area contributed by atoms with Gasteiger partial charge in [0.25, 0.3) is 0 Å². The van der Waals surface area contributed by atoms with Crippen molar-refractivity contribution in [2.45, 2.75) is 6.92 Å². The molecule has 0 unspecified atom stereocenters. The van der Waals surface area contributed by atoms with Crippen LogP contribution in [0.15, 0.2) is 66.7 Å². The molecule has 4 rings (SSSR count). The predicted molar refractivity (Wildman–Crippen MR) is 113 cm³/mol. The van der Waals surface area contributed by atoms with E-state index in [0.717, 1.165) is 44.5 Å². The van der Waals surface area contributed by atoms with Crippen molar-refractivity contribution in [3.8, 4) is 34.1 Å². The zero-order valence-corrected chi connectivity index (χ0v) is 15.7. The molecular formula is C24H19N3O. The van der Waals surface area contributed by atoms with Crippen molar-refractivity contribution in [1.82, 2.24) is 4.98 Å². The number of aryl methyl sites for hydroxylation is 1. The number of anilines is 1. The Morgan fingerprint density at radius 2 is 1.57 bits per heavy atom. The molecule has 136 valence electrons. The average Bonchev–Trinajstić information content (AvgIpc) is 2.73. The van der Waals surface area contributed by atoms with Crippen LogP contribution < -0.4 is 10.5 Å². The number of hydrogen-bond donors (Lipinski definition) is 1. The highest BCUT2D eigenvalue weighted by Crippen LogP contribution is 2.43. The van der Waals surface area contributed by atoms with Crippen LogP contribution in [0.25, 0.3) is 33.0 Å². The van der Waals surface area contributed by atoms with Crippen LogP contribution >= 0.6 is 0 Å². The van der Waals surface area contributed by atoms with Crippen LogP contribution in [0.3, 0.4) is 0 Å². The molecule has 0 saturated heterocycles. The number of methoxy groups -OCH3 is 1. The first kappa shape index (κ1) is 17.6. The Morgan fingerprint density at radius 1 is 0.893 bits per heavy atom. The Balaban J connectivity index is 2.18. The summed E-state index contributed by atoms with van der Waals surface area (Å²) in [5.41, 5.74) is 11.0. The highest BCUT2D eigenvalue weighted by molar-refractivity contribution is 6.05. The summed E-state index contributed by atoms with van der Waals surface area (Å²) in [6.07, 6.45) is 0. The maximum atomic E-state index is 9.90. The monoisotopic (exact) mass is 365 g/mol. The minimum atomic E-state index is 0.245. The summed E-state index contributed by atoms with van der Waals surface area (Å²) in [4.78, 5) is 4.45. The molecule has 0 fully saturated rings. The van der Waals surface area contributed by atoms with Crippen LogP contribution in [0.2, 0.25) is 0 Å². The van der Waals surface area contributed by atoms with Gasteiger partial charge in [0, 0.05) is 22.2 Å². The second kappa shape index (κ2) is 7.05. The van der Waals surface area contributed by atoms with Gasteiger partial charge in [-0.1, -0.05) is 54.6 Å². The number of aromatic nitrogens is 1. The number of nitrogens with zero attached hydrogens (tertiary/aromatic N) is 2. The summed E-state index contributed by atoms with van der Waals surface area (Å²) in [6.45, 7) is 1.93. The fourth-order valence-corrected chi connectivity index (χ4v) is 3.73. The number of hydrogen-bond acceptors (Lipinski definition) is 4. The van der Waals surface area contributed by atoms with Gasteiger partial charge in [-0.25, -0.2) is 4.98 Å². The van der Waals surface area contributed by atoms with Crippen LogP contribution in [0.4, 0.5) is 5.82 Å². The molecule has 4 heteroatoms. The largest absolute Gasteiger partial charge is 0.496 e. The Hall–Kier alpha value is -3.84. The van der Waals surface area contributed by atoms with Crippen molar-refractivity contribution in [3.63, 3.8) is 0 Å². The first-order chi connectivity index (χ1) is 13.7. The third kappa shape index (κ3) is 2.74. The van der Waals surface area contributed by atoms with Crippen LogP contribution in [0, 0.1) is 18.3 Å². The van der Waals surface area contributed by atoms with E-state index in [1.54, 1.807) is 7.11 Å². The molecule has 1 aromatic heterocycles. The van der Waals surface area contributed by atoms with Crippen LogP contribution in [-0.4, -0.2) is 12.1 Å². The standard InChI is InChI=1S/C24H19N3O/c1-15-22(16-8-4-3-5-9-16)23(20(14-25)24(26)27-15)19-12-13-21(28-2)18-11-7-6-10-17(18)19/h3-13H,1-2H3,(H2,26,27). The molecule has 2 N–H and O–H groups in total. The normalized spacial score (nSPS) is 10.6. The van der Waals surface area contributed by atoms with E-state index in [1.807, 2.05) is 73.7 Å². The number of benzene rings is 3. The minimum Gasteiger partial charge on any atom is -0.496 e. The number of nitrogen functional groups attached to an aromatic ring is 1. The molecule has 28 heavy (non-hydrogen) atoms. The van der Waals surface area contributed by atoms with Crippen molar-refractivity contribution in [3.05, 3.63) is 78.0 Å². The van der Waals surface area contributed by atoms with E-state index in [1.165, 1.54) is 0 Å². The highest BCUT2D eigenvalue weighted by atomic mass is 16.5. The van der Waals surface area contributed by atoms with Gasteiger partial charge in [-0.05, 0) is 35.6 Å². The Kier molecular flexibility index (Phi) is 4.42. The molecule has 0 aliphatic rings. The van der Waals surface area contributed by atoms with Crippen LogP contribution in [-0.2, 0) is 0 Å². The van der Waals surface area contributed by atoms with Crippen LogP contribution in [0.5, 0.6) is 5.75 Å². The molecule has 0 spiro atoms. The summed E-state index contributed by atoms with van der Waals surface area (Å²) < 4.78 is 5.54. The molecule has 1 heterocycles. The predicted octanol–water partition coefficient (Wildman–Crippen LogP) is 5.34. The average molecular weight is 365 g/mol. The zero-order valence-electron chi connectivity index (χ0n) is 15.7. The molecule has 0 aliphatic carbocycles. The molecule has 4 aromatic rings. The lowest BCUT2D eigenvalue weighted by Gasteiger charge is -2.18. The lowest BCUT2D eigenvalue weighted by molar-refractivity contribution is 0.420. The van der Waals surface area contributed by atoms with E-state index in [2.05, 4.69) is 11.1 Å². The maximum Gasteiger partial charge on any atom is 0.142 e. The van der Waals surface area contributed by atoms with Gasteiger partial charge >= 0.3 is 0 Å². The third-order valence-electron chi connectivity index (χ3n) is 4.95. The van der Waals surface area contributed by atoms with Gasteiger partial charge in [-0.2, -0.15) is 5.26 Å². The van der Waals surface area contributed by atoms with Gasteiger partial charge in [0.1, 0.15) is 23.2 Å². The molecule has 0 amide bonds. The van der Waals surface area contributed by atoms with Gasteiger partial charge in [-0.3, -0.25) is 0 Å². The smallest absolute Gasteiger partial charge is 0.142 e. The van der Waals surface area contributed by atoms with E-state index in [4.69, 9.17) is 10.5 Å². The van der Waals surface area contributed by atoms with Gasteiger partial charge in [0.05, 0.1) is 7.11 Å². The van der Waals surface area contributed by atoms with Crippen LogP contribution in [0.1, 0.15) is 11.3 Å². The summed E-state index contributed by atoms with van der Waals surface area (Å²) in [5, 5.41) is 11.9. The molecule has 4 nitrogen and oxygen atoms in total. The molecular weight excluding hydrogens is 346 g/mol. The van der Waals surface area contributed by atoms with Crippen molar-refractivity contribution >= 4 is 16.6 Å². The molecule has 3 aromatic carbocycles. The second-order valence-electron chi connectivity index (χ2n) is 6.55. The SMILES string of the molecule is COc1ccc(-c2c(C#N)c(N)nc(C)c2-c2ccccc2)c2ccccc12. The Morgan fingerprint density at radius 3 is 2.25 bits per heavy atom. The molecule has 0 saturated carbocycles. The van der Waals surface area contributed by atoms with E-state index in [9.17, 15) is 5.26 Å². The lowest BCUT2D eigenvalue weighted by Crippen LogP contribution is -2.03. The van der Waals surface area contributed by atoms with Gasteiger partial charge in [-0.15, -0.1) is 0 Å². The van der Waals surface area contributed by atoms with Crippen molar-refractivity contribution in [2.75, 3.05) is 12.8 Å². The van der Waals surface area contributed by atoms with Gasteiger partial charge < -0.3 is 10.5 Å². The third-order valence-corrected chi connectivity index (χ3v) is 4.95.